The van der Waals surface area contributed by atoms with Gasteiger partial charge in [-0.25, -0.2) is 4.98 Å². The topological polar surface area (TPSA) is 50.3 Å². The number of hydrogen-bond acceptors (Lipinski definition) is 5. The quantitative estimate of drug-likeness (QED) is 0.610. The molecule has 4 rings (SSSR count). The summed E-state index contributed by atoms with van der Waals surface area (Å²) in [5, 5.41) is 4.49. The number of methoxy groups -OCH3 is 1. The molecule has 0 aliphatic carbocycles. The summed E-state index contributed by atoms with van der Waals surface area (Å²) in [5.74, 6) is 2.17. The Morgan fingerprint density at radius 2 is 1.79 bits per heavy atom. The molecule has 0 saturated carbocycles. The first-order valence-corrected chi connectivity index (χ1v) is 9.45. The average Bonchev–Trinajstić information content (AvgIpc) is 2.69. The van der Waals surface area contributed by atoms with Crippen molar-refractivity contribution < 1.29 is 4.74 Å². The van der Waals surface area contributed by atoms with Gasteiger partial charge in [0.2, 0.25) is 5.95 Å². The van der Waals surface area contributed by atoms with Gasteiger partial charge in [0.1, 0.15) is 11.6 Å². The summed E-state index contributed by atoms with van der Waals surface area (Å²) >= 11 is 12.8. The lowest BCUT2D eigenvalue weighted by Gasteiger charge is -2.27. The van der Waals surface area contributed by atoms with Crippen LogP contribution >= 0.6 is 23.2 Å². The molecule has 0 radical (unpaired) electrons. The molecule has 142 valence electrons. The summed E-state index contributed by atoms with van der Waals surface area (Å²) in [6.07, 6.45) is 3.84. The Kier molecular flexibility index (Phi) is 5.11. The van der Waals surface area contributed by atoms with E-state index in [2.05, 4.69) is 20.2 Å². The van der Waals surface area contributed by atoms with Gasteiger partial charge in [-0.15, -0.1) is 0 Å². The van der Waals surface area contributed by atoms with Gasteiger partial charge in [-0.3, -0.25) is 0 Å². The van der Waals surface area contributed by atoms with Crippen LogP contribution in [0.1, 0.15) is 11.1 Å². The monoisotopic (exact) mass is 412 g/mol. The molecule has 0 saturated heterocycles. The van der Waals surface area contributed by atoms with Crippen LogP contribution in [0.4, 0.5) is 17.5 Å². The molecular formula is C21H18Cl2N4O. The summed E-state index contributed by atoms with van der Waals surface area (Å²) in [5.41, 5.74) is 3.69. The molecule has 0 bridgehead atoms. The lowest BCUT2D eigenvalue weighted by atomic mass is 10.00. The number of fused-ring (bicyclic) bond motifs is 1. The van der Waals surface area contributed by atoms with Gasteiger partial charge in [-0.2, -0.15) is 4.98 Å². The van der Waals surface area contributed by atoms with Crippen molar-refractivity contribution in [3.8, 4) is 5.75 Å². The predicted octanol–water partition coefficient (Wildman–Crippen LogP) is 5.53. The number of benzene rings is 2. The molecule has 1 aromatic heterocycles. The number of nitrogens with zero attached hydrogens (tertiary/aromatic N) is 3. The van der Waals surface area contributed by atoms with Gasteiger partial charge in [-0.1, -0.05) is 29.3 Å². The molecule has 0 atom stereocenters. The smallest absolute Gasteiger partial charge is 0.229 e. The number of halogens is 2. The van der Waals surface area contributed by atoms with Crippen molar-refractivity contribution in [2.75, 3.05) is 30.9 Å². The van der Waals surface area contributed by atoms with Gasteiger partial charge >= 0.3 is 0 Å². The van der Waals surface area contributed by atoms with E-state index in [1.165, 1.54) is 0 Å². The van der Waals surface area contributed by atoms with Crippen molar-refractivity contribution in [3.63, 3.8) is 0 Å². The van der Waals surface area contributed by atoms with Crippen LogP contribution < -0.4 is 15.0 Å². The molecule has 5 nitrogen and oxygen atoms in total. The Balaban J connectivity index is 1.65. The highest BCUT2D eigenvalue weighted by molar-refractivity contribution is 6.38. The summed E-state index contributed by atoms with van der Waals surface area (Å²) in [7, 11) is 3.63. The minimum Gasteiger partial charge on any atom is -0.497 e. The second-order valence-electron chi connectivity index (χ2n) is 6.45. The maximum Gasteiger partial charge on any atom is 0.229 e. The third-order valence-corrected chi connectivity index (χ3v) is 5.15. The standard InChI is InChI=1S/C21H18Cl2N4O/c1-27-12-14(19-17(22)4-3-5-18(19)23)10-13-11-24-21(26-20(13)27)25-15-6-8-16(28-2)9-7-15/h3-11H,12H2,1-2H3,(H,24,25,26). The van der Waals surface area contributed by atoms with Gasteiger partial charge in [0, 0.05) is 46.6 Å². The minimum absolute atomic E-state index is 0.531. The number of rotatable bonds is 4. The number of nitrogens with one attached hydrogen (secondary N) is 1. The van der Waals surface area contributed by atoms with Gasteiger partial charge in [0.25, 0.3) is 0 Å². The number of aromatic nitrogens is 2. The zero-order valence-electron chi connectivity index (χ0n) is 15.4. The second-order valence-corrected chi connectivity index (χ2v) is 7.26. The Labute approximate surface area is 173 Å². The number of anilines is 3. The van der Waals surface area contributed by atoms with E-state index in [4.69, 9.17) is 27.9 Å². The number of hydrogen-bond donors (Lipinski definition) is 1. The average molecular weight is 413 g/mol. The van der Waals surface area contributed by atoms with Gasteiger partial charge in [-0.05, 0) is 48.0 Å². The third-order valence-electron chi connectivity index (χ3n) is 4.52. The largest absolute Gasteiger partial charge is 0.497 e. The van der Waals surface area contributed by atoms with E-state index >= 15 is 0 Å². The van der Waals surface area contributed by atoms with Crippen LogP contribution in [0.5, 0.6) is 5.75 Å². The van der Waals surface area contributed by atoms with E-state index in [-0.39, 0.29) is 0 Å². The summed E-state index contributed by atoms with van der Waals surface area (Å²) in [6.45, 7) is 0.648. The fourth-order valence-electron chi connectivity index (χ4n) is 3.17. The van der Waals surface area contributed by atoms with Crippen molar-refractivity contribution in [2.45, 2.75) is 0 Å². The van der Waals surface area contributed by atoms with Crippen LogP contribution in [0.25, 0.3) is 11.6 Å². The molecule has 0 spiro atoms. The highest BCUT2D eigenvalue weighted by Crippen LogP contribution is 2.37. The fraction of sp³-hybridized carbons (Fsp3) is 0.143. The molecule has 1 aliphatic rings. The van der Waals surface area contributed by atoms with Crippen molar-refractivity contribution in [2.24, 2.45) is 0 Å². The lowest BCUT2D eigenvalue weighted by molar-refractivity contribution is 0.415. The summed E-state index contributed by atoms with van der Waals surface area (Å²) in [4.78, 5) is 11.2. The Bertz CT molecular complexity index is 1030. The van der Waals surface area contributed by atoms with Crippen LogP contribution in [0.15, 0.2) is 48.7 Å². The summed E-state index contributed by atoms with van der Waals surface area (Å²) in [6, 6.07) is 13.1. The Morgan fingerprint density at radius 1 is 1.07 bits per heavy atom. The van der Waals surface area contributed by atoms with E-state index in [9.17, 15) is 0 Å². The molecule has 28 heavy (non-hydrogen) atoms. The number of ether oxygens (including phenoxy) is 1. The second kappa shape index (κ2) is 7.70. The molecule has 7 heteroatoms. The van der Waals surface area contributed by atoms with Gasteiger partial charge in [0.15, 0.2) is 0 Å². The van der Waals surface area contributed by atoms with Crippen molar-refractivity contribution in [3.05, 3.63) is 69.8 Å². The molecule has 3 aromatic rings. The number of likely N-dealkylation sites (N-methyl/N-ethyl adjacent to an activating group) is 1. The van der Waals surface area contributed by atoms with Crippen molar-refractivity contribution in [1.29, 1.82) is 0 Å². The zero-order chi connectivity index (χ0) is 19.7. The first kappa shape index (κ1) is 18.6. The van der Waals surface area contributed by atoms with Crippen molar-refractivity contribution >= 4 is 52.3 Å². The molecule has 0 fully saturated rings. The SMILES string of the molecule is COc1ccc(Nc2ncc3c(n2)N(C)CC(c2c(Cl)cccc2Cl)=C3)cc1. The Hall–Kier alpha value is -2.76. The normalized spacial score (nSPS) is 13.0. The van der Waals surface area contributed by atoms with Crippen molar-refractivity contribution in [1.82, 2.24) is 9.97 Å². The molecule has 2 heterocycles. The zero-order valence-corrected chi connectivity index (χ0v) is 16.9. The maximum atomic E-state index is 6.38. The van der Waals surface area contributed by atoms with Gasteiger partial charge in [0.05, 0.1) is 7.11 Å². The molecule has 0 amide bonds. The van der Waals surface area contributed by atoms with E-state index in [1.807, 2.05) is 55.6 Å². The molecular weight excluding hydrogens is 395 g/mol. The first-order valence-electron chi connectivity index (χ1n) is 8.69. The predicted molar refractivity (Wildman–Crippen MR) is 116 cm³/mol. The van der Waals surface area contributed by atoms with E-state index in [0.29, 0.717) is 22.5 Å². The molecule has 2 aromatic carbocycles. The van der Waals surface area contributed by atoms with E-state index in [0.717, 1.165) is 34.0 Å². The first-order chi connectivity index (χ1) is 13.5. The fourth-order valence-corrected chi connectivity index (χ4v) is 3.81. The van der Waals surface area contributed by atoms with E-state index in [1.54, 1.807) is 13.3 Å². The minimum atomic E-state index is 0.531. The third kappa shape index (κ3) is 3.63. The molecule has 1 N–H and O–H groups in total. The summed E-state index contributed by atoms with van der Waals surface area (Å²) < 4.78 is 5.18. The van der Waals surface area contributed by atoms with Crippen LogP contribution in [0.2, 0.25) is 10.0 Å². The highest BCUT2D eigenvalue weighted by Gasteiger charge is 2.21. The molecule has 1 aliphatic heterocycles. The molecule has 0 unspecified atom stereocenters. The van der Waals surface area contributed by atoms with Gasteiger partial charge < -0.3 is 15.0 Å². The Morgan fingerprint density at radius 3 is 2.46 bits per heavy atom. The highest BCUT2D eigenvalue weighted by atomic mass is 35.5. The van der Waals surface area contributed by atoms with Crippen LogP contribution in [-0.4, -0.2) is 30.7 Å². The lowest BCUT2D eigenvalue weighted by Crippen LogP contribution is -2.25. The van der Waals surface area contributed by atoms with Crippen LogP contribution in [0, 0.1) is 0 Å². The van der Waals surface area contributed by atoms with Crippen LogP contribution in [-0.2, 0) is 0 Å². The van der Waals surface area contributed by atoms with Crippen LogP contribution in [0.3, 0.4) is 0 Å². The van der Waals surface area contributed by atoms with E-state index < -0.39 is 0 Å². The maximum absolute atomic E-state index is 6.38.